The van der Waals surface area contributed by atoms with E-state index in [0.29, 0.717) is 17.8 Å². The topological polar surface area (TPSA) is 58.6 Å². The van der Waals surface area contributed by atoms with Crippen LogP contribution in [0, 0.1) is 0 Å². The lowest BCUT2D eigenvalue weighted by Crippen LogP contribution is -2.63. The van der Waals surface area contributed by atoms with Gasteiger partial charge in [-0.15, -0.1) is 0 Å². The summed E-state index contributed by atoms with van der Waals surface area (Å²) < 4.78 is 5.44. The predicted molar refractivity (Wildman–Crippen MR) is 77.9 cm³/mol. The molecule has 0 bridgehead atoms. The lowest BCUT2D eigenvalue weighted by atomic mass is 10.00. The van der Waals surface area contributed by atoms with Gasteiger partial charge in [-0.3, -0.25) is 14.7 Å². The fourth-order valence-corrected chi connectivity index (χ4v) is 3.23. The van der Waals surface area contributed by atoms with E-state index >= 15 is 0 Å². The number of aromatic nitrogens is 2. The van der Waals surface area contributed by atoms with Crippen LogP contribution >= 0.6 is 0 Å². The number of rotatable bonds is 4. The number of nitrogens with zero attached hydrogens (tertiary/aromatic N) is 4. The number of hydrogen-bond acceptors (Lipinski definition) is 5. The Morgan fingerprint density at radius 1 is 1.33 bits per heavy atom. The molecule has 3 rings (SSSR count). The van der Waals surface area contributed by atoms with E-state index in [9.17, 15) is 4.79 Å². The van der Waals surface area contributed by atoms with Crippen molar-refractivity contribution in [2.45, 2.75) is 31.8 Å². The van der Waals surface area contributed by atoms with Gasteiger partial charge in [0, 0.05) is 50.8 Å². The number of carbonyl (C=O) groups is 1. The van der Waals surface area contributed by atoms with E-state index < -0.39 is 0 Å². The molecule has 0 N–H and O–H groups in total. The van der Waals surface area contributed by atoms with Crippen LogP contribution in [0.25, 0.3) is 0 Å². The largest absolute Gasteiger partial charge is 0.381 e. The molecule has 0 aromatic carbocycles. The first kappa shape index (κ1) is 14.4. The summed E-state index contributed by atoms with van der Waals surface area (Å²) in [5, 5.41) is 0. The Morgan fingerprint density at radius 3 is 2.71 bits per heavy atom. The second-order valence-corrected chi connectivity index (χ2v) is 5.63. The minimum absolute atomic E-state index is 0.0117. The zero-order chi connectivity index (χ0) is 14.7. The maximum Gasteiger partial charge on any atom is 0.274 e. The van der Waals surface area contributed by atoms with E-state index in [2.05, 4.69) is 21.8 Å². The normalized spacial score (nSPS) is 20.6. The number of amides is 1. The Hall–Kier alpha value is -1.53. The molecule has 3 heterocycles. The monoisotopic (exact) mass is 290 g/mol. The van der Waals surface area contributed by atoms with Crippen molar-refractivity contribution in [3.63, 3.8) is 0 Å². The third kappa shape index (κ3) is 3.06. The van der Waals surface area contributed by atoms with Crippen molar-refractivity contribution < 1.29 is 9.53 Å². The Bertz CT molecular complexity index is 470. The van der Waals surface area contributed by atoms with Gasteiger partial charge in [0.1, 0.15) is 5.69 Å². The highest BCUT2D eigenvalue weighted by atomic mass is 16.5. The van der Waals surface area contributed by atoms with Crippen molar-refractivity contribution in [2.24, 2.45) is 0 Å². The van der Waals surface area contributed by atoms with E-state index in [1.54, 1.807) is 12.4 Å². The Kier molecular flexibility index (Phi) is 4.45. The molecule has 1 amide bonds. The summed E-state index contributed by atoms with van der Waals surface area (Å²) in [6.45, 7) is 6.53. The fraction of sp³-hybridized carbons (Fsp3) is 0.667. The zero-order valence-electron chi connectivity index (χ0n) is 12.4. The van der Waals surface area contributed by atoms with Crippen LogP contribution in [0.2, 0.25) is 0 Å². The molecule has 0 saturated carbocycles. The highest BCUT2D eigenvalue weighted by Gasteiger charge is 2.38. The molecule has 0 unspecified atom stereocenters. The maximum atomic E-state index is 12.2. The first-order valence-corrected chi connectivity index (χ1v) is 7.68. The molecule has 1 aromatic heterocycles. The van der Waals surface area contributed by atoms with E-state index in [-0.39, 0.29) is 5.91 Å². The summed E-state index contributed by atoms with van der Waals surface area (Å²) in [7, 11) is 0. The van der Waals surface area contributed by atoms with Crippen molar-refractivity contribution in [1.29, 1.82) is 0 Å². The minimum Gasteiger partial charge on any atom is -0.381 e. The number of likely N-dealkylation sites (tertiary alicyclic amines) is 1. The van der Waals surface area contributed by atoms with Crippen molar-refractivity contribution in [3.8, 4) is 0 Å². The molecule has 2 fully saturated rings. The SMILES string of the molecule is CCN(C1CCOCC1)C1CN(C(=O)c2cnccn2)C1. The molecule has 1 aromatic rings. The summed E-state index contributed by atoms with van der Waals surface area (Å²) in [5.41, 5.74) is 0.435. The van der Waals surface area contributed by atoms with E-state index in [1.807, 2.05) is 4.90 Å². The van der Waals surface area contributed by atoms with E-state index in [4.69, 9.17) is 4.74 Å². The van der Waals surface area contributed by atoms with Gasteiger partial charge in [-0.2, -0.15) is 0 Å². The molecule has 6 nitrogen and oxygen atoms in total. The van der Waals surface area contributed by atoms with Gasteiger partial charge in [0.25, 0.3) is 5.91 Å². The zero-order valence-corrected chi connectivity index (χ0v) is 12.4. The van der Waals surface area contributed by atoms with Crippen molar-refractivity contribution >= 4 is 5.91 Å². The maximum absolute atomic E-state index is 12.2. The number of hydrogen-bond donors (Lipinski definition) is 0. The van der Waals surface area contributed by atoms with Gasteiger partial charge in [0.05, 0.1) is 6.20 Å². The molecule has 0 radical (unpaired) electrons. The smallest absolute Gasteiger partial charge is 0.274 e. The van der Waals surface area contributed by atoms with Crippen LogP contribution in [0.4, 0.5) is 0 Å². The van der Waals surface area contributed by atoms with E-state index in [0.717, 1.165) is 45.7 Å². The molecule has 2 aliphatic rings. The van der Waals surface area contributed by atoms with Gasteiger partial charge >= 0.3 is 0 Å². The van der Waals surface area contributed by atoms with Crippen molar-refractivity contribution in [3.05, 3.63) is 24.3 Å². The van der Waals surface area contributed by atoms with Crippen LogP contribution in [0.3, 0.4) is 0 Å². The molecule has 6 heteroatoms. The first-order chi connectivity index (χ1) is 10.3. The van der Waals surface area contributed by atoms with E-state index in [1.165, 1.54) is 6.20 Å². The van der Waals surface area contributed by atoms with Crippen molar-refractivity contribution in [1.82, 2.24) is 19.8 Å². The van der Waals surface area contributed by atoms with Gasteiger partial charge in [0.2, 0.25) is 0 Å². The lowest BCUT2D eigenvalue weighted by molar-refractivity contribution is -0.0223. The minimum atomic E-state index is -0.0117. The average Bonchev–Trinajstić information content (AvgIpc) is 2.51. The number of carbonyl (C=O) groups excluding carboxylic acids is 1. The standard InChI is InChI=1S/C15H22N4O2/c1-2-19(12-3-7-21-8-4-12)13-10-18(11-13)15(20)14-9-16-5-6-17-14/h5-6,9,12-13H,2-4,7-8,10-11H2,1H3. The molecule has 0 spiro atoms. The van der Waals surface area contributed by atoms with Crippen LogP contribution < -0.4 is 0 Å². The van der Waals surface area contributed by atoms with Crippen LogP contribution in [0.5, 0.6) is 0 Å². The molecule has 21 heavy (non-hydrogen) atoms. The highest BCUT2D eigenvalue weighted by molar-refractivity contribution is 5.92. The molecule has 0 atom stereocenters. The van der Waals surface area contributed by atoms with Crippen LogP contribution in [-0.4, -0.2) is 70.6 Å². The first-order valence-electron chi connectivity index (χ1n) is 7.68. The van der Waals surface area contributed by atoms with Gasteiger partial charge in [0.15, 0.2) is 0 Å². The number of likely N-dealkylation sites (N-methyl/N-ethyl adjacent to an activating group) is 1. The second kappa shape index (κ2) is 6.49. The Balaban J connectivity index is 1.55. The third-order valence-corrected chi connectivity index (χ3v) is 4.43. The summed E-state index contributed by atoms with van der Waals surface area (Å²) in [4.78, 5) is 24.7. The predicted octanol–water partition coefficient (Wildman–Crippen LogP) is 0.802. The Morgan fingerprint density at radius 2 is 2.10 bits per heavy atom. The van der Waals surface area contributed by atoms with Gasteiger partial charge < -0.3 is 9.64 Å². The molecule has 114 valence electrons. The summed E-state index contributed by atoms with van der Waals surface area (Å²) >= 11 is 0. The van der Waals surface area contributed by atoms with Crippen LogP contribution in [0.15, 0.2) is 18.6 Å². The van der Waals surface area contributed by atoms with Gasteiger partial charge in [-0.25, -0.2) is 4.98 Å². The number of ether oxygens (including phenoxy) is 1. The summed E-state index contributed by atoms with van der Waals surface area (Å²) in [5.74, 6) is -0.0117. The molecular weight excluding hydrogens is 268 g/mol. The van der Waals surface area contributed by atoms with Crippen molar-refractivity contribution in [2.75, 3.05) is 32.8 Å². The molecule has 0 aliphatic carbocycles. The molecular formula is C15H22N4O2. The quantitative estimate of drug-likeness (QED) is 0.821. The third-order valence-electron chi connectivity index (χ3n) is 4.43. The molecule has 2 aliphatic heterocycles. The van der Waals surface area contributed by atoms with Crippen LogP contribution in [-0.2, 0) is 4.74 Å². The molecule has 2 saturated heterocycles. The van der Waals surface area contributed by atoms with Crippen LogP contribution in [0.1, 0.15) is 30.3 Å². The Labute approximate surface area is 125 Å². The second-order valence-electron chi connectivity index (χ2n) is 5.63. The lowest BCUT2D eigenvalue weighted by Gasteiger charge is -2.48. The van der Waals surface area contributed by atoms with Gasteiger partial charge in [-0.05, 0) is 19.4 Å². The fourth-order valence-electron chi connectivity index (χ4n) is 3.23. The summed E-state index contributed by atoms with van der Waals surface area (Å²) in [6, 6.07) is 1.07. The average molecular weight is 290 g/mol. The summed E-state index contributed by atoms with van der Waals surface area (Å²) in [6.07, 6.45) is 6.88. The van der Waals surface area contributed by atoms with Gasteiger partial charge in [-0.1, -0.05) is 6.92 Å². The highest BCUT2D eigenvalue weighted by Crippen LogP contribution is 2.23.